The zero-order valence-corrected chi connectivity index (χ0v) is 16.3. The number of piperazine rings is 1. The molecule has 0 bridgehead atoms. The first-order chi connectivity index (χ1) is 14.9. The summed E-state index contributed by atoms with van der Waals surface area (Å²) in [6.45, 7) is 1.90. The number of anilines is 1. The molecule has 0 saturated carbocycles. The van der Waals surface area contributed by atoms with Crippen molar-refractivity contribution in [1.82, 2.24) is 15.0 Å². The minimum Gasteiger partial charge on any atom is -0.503 e. The van der Waals surface area contributed by atoms with Crippen LogP contribution in [0, 0.1) is 17.5 Å². The summed E-state index contributed by atoms with van der Waals surface area (Å²) in [5.41, 5.74) is 0.343. The molecular weight excluding hydrogens is 417 g/mol. The van der Waals surface area contributed by atoms with E-state index < -0.39 is 40.6 Å². The lowest BCUT2D eigenvalue weighted by molar-refractivity contribution is 0.0731. The fourth-order valence-corrected chi connectivity index (χ4v) is 3.27. The molecule has 8 nitrogen and oxygen atoms in total. The predicted molar refractivity (Wildman–Crippen MR) is 102 cm³/mol. The van der Waals surface area contributed by atoms with Crippen molar-refractivity contribution < 1.29 is 32.3 Å². The molecule has 2 aromatic carbocycles. The van der Waals surface area contributed by atoms with E-state index in [4.69, 9.17) is 9.26 Å². The van der Waals surface area contributed by atoms with Crippen LogP contribution in [0.15, 0.2) is 34.9 Å². The predicted octanol–water partition coefficient (Wildman–Crippen LogP) is 2.83. The number of carbonyl (C=O) groups is 1. The van der Waals surface area contributed by atoms with Crippen molar-refractivity contribution >= 4 is 11.6 Å². The lowest BCUT2D eigenvalue weighted by Crippen LogP contribution is -2.49. The van der Waals surface area contributed by atoms with Crippen LogP contribution in [0.4, 0.5) is 18.9 Å². The largest absolute Gasteiger partial charge is 0.503 e. The number of benzene rings is 2. The van der Waals surface area contributed by atoms with Gasteiger partial charge in [-0.3, -0.25) is 4.79 Å². The van der Waals surface area contributed by atoms with Crippen LogP contribution in [-0.4, -0.2) is 59.3 Å². The average Bonchev–Trinajstić information content (AvgIpc) is 3.30. The average molecular weight is 434 g/mol. The Hall–Kier alpha value is -3.76. The van der Waals surface area contributed by atoms with E-state index in [-0.39, 0.29) is 5.82 Å². The van der Waals surface area contributed by atoms with Gasteiger partial charge in [0, 0.05) is 31.9 Å². The van der Waals surface area contributed by atoms with Gasteiger partial charge >= 0.3 is 0 Å². The van der Waals surface area contributed by atoms with Crippen molar-refractivity contribution in [3.8, 4) is 23.0 Å². The fourth-order valence-electron chi connectivity index (χ4n) is 3.27. The highest BCUT2D eigenvalue weighted by molar-refractivity contribution is 5.91. The van der Waals surface area contributed by atoms with Crippen LogP contribution in [0.2, 0.25) is 0 Å². The van der Waals surface area contributed by atoms with Crippen molar-refractivity contribution in [3.63, 3.8) is 0 Å². The summed E-state index contributed by atoms with van der Waals surface area (Å²) in [4.78, 5) is 20.1. The Labute approximate surface area is 174 Å². The molecule has 1 amide bonds. The number of rotatable bonds is 4. The maximum atomic E-state index is 14.1. The first kappa shape index (κ1) is 20.5. The van der Waals surface area contributed by atoms with Crippen LogP contribution < -0.4 is 9.64 Å². The summed E-state index contributed by atoms with van der Waals surface area (Å²) in [6, 6.07) is 8.02. The van der Waals surface area contributed by atoms with Crippen LogP contribution in [0.3, 0.4) is 0 Å². The first-order valence-electron chi connectivity index (χ1n) is 9.28. The van der Waals surface area contributed by atoms with Crippen LogP contribution in [0.25, 0.3) is 11.5 Å². The van der Waals surface area contributed by atoms with Gasteiger partial charge in [0.25, 0.3) is 17.6 Å². The summed E-state index contributed by atoms with van der Waals surface area (Å²) < 4.78 is 50.8. The SMILES string of the molecule is COc1ccc(N2CCN(C(=O)c3noc(-c4cc(F)c(F)c(O)c4F)n3)CC2)cc1. The highest BCUT2D eigenvalue weighted by Crippen LogP contribution is 2.31. The van der Waals surface area contributed by atoms with Crippen molar-refractivity contribution in [2.24, 2.45) is 0 Å². The molecule has 31 heavy (non-hydrogen) atoms. The Balaban J connectivity index is 1.45. The lowest BCUT2D eigenvalue weighted by atomic mass is 10.2. The standard InChI is InChI=1S/C20H17F3N4O4/c1-30-12-4-2-11(3-5-12)26-6-8-27(9-7-26)20(29)18-24-19(31-25-18)13-10-14(21)16(23)17(28)15(13)22/h2-5,10,28H,6-9H2,1H3. The molecule has 0 radical (unpaired) electrons. The zero-order chi connectivity index (χ0) is 22.1. The molecule has 1 aliphatic rings. The number of methoxy groups -OCH3 is 1. The van der Waals surface area contributed by atoms with E-state index in [2.05, 4.69) is 15.0 Å². The summed E-state index contributed by atoms with van der Waals surface area (Å²) in [5.74, 6) is -6.89. The zero-order valence-electron chi connectivity index (χ0n) is 16.3. The monoisotopic (exact) mass is 434 g/mol. The third-order valence-electron chi connectivity index (χ3n) is 4.99. The fraction of sp³-hybridized carbons (Fsp3) is 0.250. The summed E-state index contributed by atoms with van der Waals surface area (Å²) in [7, 11) is 1.59. The number of halogens is 3. The van der Waals surface area contributed by atoms with Gasteiger partial charge < -0.3 is 24.2 Å². The first-order valence-corrected chi connectivity index (χ1v) is 9.28. The third-order valence-corrected chi connectivity index (χ3v) is 4.99. The van der Waals surface area contributed by atoms with Crippen LogP contribution in [0.1, 0.15) is 10.6 Å². The molecule has 0 spiro atoms. The third kappa shape index (κ3) is 3.86. The molecule has 1 aliphatic heterocycles. The highest BCUT2D eigenvalue weighted by atomic mass is 19.2. The number of hydrogen-bond acceptors (Lipinski definition) is 7. The van der Waals surface area contributed by atoms with E-state index in [9.17, 15) is 23.1 Å². The number of phenolic OH excluding ortho intramolecular Hbond substituents is 1. The van der Waals surface area contributed by atoms with Gasteiger partial charge in [-0.1, -0.05) is 5.16 Å². The van der Waals surface area contributed by atoms with Crippen LogP contribution in [-0.2, 0) is 0 Å². The summed E-state index contributed by atoms with van der Waals surface area (Å²) in [6.07, 6.45) is 0. The molecule has 0 unspecified atom stereocenters. The van der Waals surface area contributed by atoms with Crippen molar-refractivity contribution in [3.05, 3.63) is 53.6 Å². The number of aromatic hydroxyl groups is 1. The van der Waals surface area contributed by atoms with E-state index in [1.807, 2.05) is 24.3 Å². The maximum Gasteiger partial charge on any atom is 0.295 e. The normalized spacial score (nSPS) is 14.1. The highest BCUT2D eigenvalue weighted by Gasteiger charge is 2.28. The molecule has 11 heteroatoms. The van der Waals surface area contributed by atoms with E-state index in [1.54, 1.807) is 7.11 Å². The Morgan fingerprint density at radius 3 is 2.42 bits per heavy atom. The second-order valence-electron chi connectivity index (χ2n) is 6.78. The Kier molecular flexibility index (Phi) is 5.40. The van der Waals surface area contributed by atoms with Crippen molar-refractivity contribution in [1.29, 1.82) is 0 Å². The molecule has 0 atom stereocenters. The van der Waals surface area contributed by atoms with Gasteiger partial charge in [0.15, 0.2) is 17.4 Å². The molecule has 1 saturated heterocycles. The minimum atomic E-state index is -1.73. The van der Waals surface area contributed by atoms with E-state index in [1.165, 1.54) is 4.90 Å². The van der Waals surface area contributed by atoms with Crippen molar-refractivity contribution in [2.45, 2.75) is 0 Å². The molecule has 1 fully saturated rings. The minimum absolute atomic E-state index is 0.350. The molecule has 1 N–H and O–H groups in total. The Morgan fingerprint density at radius 2 is 1.77 bits per heavy atom. The quantitative estimate of drug-likeness (QED) is 0.632. The number of nitrogens with zero attached hydrogens (tertiary/aromatic N) is 4. The van der Waals surface area contributed by atoms with Crippen molar-refractivity contribution in [2.75, 3.05) is 38.2 Å². The Morgan fingerprint density at radius 1 is 1.10 bits per heavy atom. The van der Waals surface area contributed by atoms with Gasteiger partial charge in [0.05, 0.1) is 12.7 Å². The Bertz CT molecular complexity index is 1110. The number of ether oxygens (including phenoxy) is 1. The molecule has 162 valence electrons. The van der Waals surface area contributed by atoms with Gasteiger partial charge in [-0.15, -0.1) is 0 Å². The smallest absolute Gasteiger partial charge is 0.295 e. The van der Waals surface area contributed by atoms with E-state index >= 15 is 0 Å². The maximum absolute atomic E-state index is 14.1. The molecule has 3 aromatic rings. The van der Waals surface area contributed by atoms with Gasteiger partial charge in [0.1, 0.15) is 5.75 Å². The van der Waals surface area contributed by atoms with Crippen LogP contribution in [0.5, 0.6) is 11.5 Å². The summed E-state index contributed by atoms with van der Waals surface area (Å²) >= 11 is 0. The molecule has 4 rings (SSSR count). The number of phenols is 1. The molecular formula is C20H17F3N4O4. The van der Waals surface area contributed by atoms with E-state index in [0.29, 0.717) is 32.2 Å². The second-order valence-corrected chi connectivity index (χ2v) is 6.78. The summed E-state index contributed by atoms with van der Waals surface area (Å²) in [5, 5.41) is 12.8. The number of aromatic nitrogens is 2. The van der Waals surface area contributed by atoms with Crippen LogP contribution >= 0.6 is 0 Å². The van der Waals surface area contributed by atoms with E-state index in [0.717, 1.165) is 11.4 Å². The van der Waals surface area contributed by atoms with Gasteiger partial charge in [-0.05, 0) is 30.3 Å². The number of amides is 1. The van der Waals surface area contributed by atoms with Gasteiger partial charge in [-0.2, -0.15) is 9.37 Å². The lowest BCUT2D eigenvalue weighted by Gasteiger charge is -2.35. The second kappa shape index (κ2) is 8.17. The molecule has 2 heterocycles. The topological polar surface area (TPSA) is 91.9 Å². The van der Waals surface area contributed by atoms with Gasteiger partial charge in [0.2, 0.25) is 5.82 Å². The van der Waals surface area contributed by atoms with Gasteiger partial charge in [-0.25, -0.2) is 8.78 Å². The number of hydrogen-bond donors (Lipinski definition) is 1. The molecule has 1 aromatic heterocycles. The molecule has 0 aliphatic carbocycles. The number of carbonyl (C=O) groups excluding carboxylic acids is 1.